The van der Waals surface area contributed by atoms with Gasteiger partial charge in [0.15, 0.2) is 17.8 Å². The third kappa shape index (κ3) is 2.82. The number of hydrogen-bond acceptors (Lipinski definition) is 5. The van der Waals surface area contributed by atoms with Crippen LogP contribution in [0.1, 0.15) is 22.0 Å². The number of aldehydes is 1. The van der Waals surface area contributed by atoms with Crippen LogP contribution < -0.4 is 14.8 Å². The summed E-state index contributed by atoms with van der Waals surface area (Å²) in [5.41, 5.74) is 0.913. The van der Waals surface area contributed by atoms with Crippen LogP contribution in [0.2, 0.25) is 0 Å². The lowest BCUT2D eigenvalue weighted by Gasteiger charge is -2.19. The number of carbonyl (C=O) groups is 1. The second-order valence-corrected chi connectivity index (χ2v) is 4.47. The number of hydrogen-bond donors (Lipinski definition) is 2. The Bertz CT molecular complexity index is 437. The molecule has 5 nitrogen and oxygen atoms in total. The Hall–Kier alpha value is -1.11. The molecule has 1 unspecified atom stereocenters. The van der Waals surface area contributed by atoms with Crippen molar-refractivity contribution < 1.29 is 19.4 Å². The van der Waals surface area contributed by atoms with E-state index in [9.17, 15) is 9.90 Å². The maximum Gasteiger partial charge on any atom is 0.172 e. The number of likely N-dealkylation sites (N-methyl/N-ethyl adjacent to an activating group) is 1. The van der Waals surface area contributed by atoms with E-state index in [4.69, 9.17) is 9.47 Å². The Kier molecular flexibility index (Phi) is 5.58. The molecule has 0 saturated carbocycles. The van der Waals surface area contributed by atoms with Crippen LogP contribution in [-0.2, 0) is 0 Å². The molecule has 0 bridgehead atoms. The highest BCUT2D eigenvalue weighted by Gasteiger charge is 2.22. The van der Waals surface area contributed by atoms with Gasteiger partial charge in [-0.25, -0.2) is 0 Å². The van der Waals surface area contributed by atoms with Gasteiger partial charge in [-0.05, 0) is 29.0 Å². The number of rotatable bonds is 6. The average molecular weight is 318 g/mol. The first kappa shape index (κ1) is 14.9. The quantitative estimate of drug-likeness (QED) is 0.779. The number of carbonyl (C=O) groups excluding carboxylic acids is 1. The molecule has 18 heavy (non-hydrogen) atoms. The minimum atomic E-state index is -0.754. The maximum absolute atomic E-state index is 11.0. The van der Waals surface area contributed by atoms with Gasteiger partial charge in [-0.2, -0.15) is 0 Å². The molecule has 0 spiro atoms. The maximum atomic E-state index is 11.0. The number of halogens is 1. The molecule has 0 saturated heterocycles. The monoisotopic (exact) mass is 317 g/mol. The molecule has 0 radical (unpaired) electrons. The normalized spacial score (nSPS) is 12.1. The molecule has 2 N–H and O–H groups in total. The Labute approximate surface area is 114 Å². The van der Waals surface area contributed by atoms with E-state index in [0.717, 1.165) is 0 Å². The largest absolute Gasteiger partial charge is 0.492 e. The first-order valence-corrected chi connectivity index (χ1v) is 6.12. The van der Waals surface area contributed by atoms with Crippen LogP contribution in [0, 0.1) is 0 Å². The molecule has 6 heteroatoms. The highest BCUT2D eigenvalue weighted by molar-refractivity contribution is 9.10. The standard InChI is InChI=1S/C12H16BrNO4/c1-14-5-10(16)7-4-9(13)8(6-15)12(18-3)11(7)17-2/h4,6,10,14,16H,5H2,1-3H3. The summed E-state index contributed by atoms with van der Waals surface area (Å²) in [5.74, 6) is 0.678. The summed E-state index contributed by atoms with van der Waals surface area (Å²) in [6.07, 6.45) is -0.0736. The molecular formula is C12H16BrNO4. The fraction of sp³-hybridized carbons (Fsp3) is 0.417. The Balaban J connectivity index is 3.43. The highest BCUT2D eigenvalue weighted by Crippen LogP contribution is 2.41. The number of ether oxygens (including phenoxy) is 2. The van der Waals surface area contributed by atoms with E-state index >= 15 is 0 Å². The van der Waals surface area contributed by atoms with Gasteiger partial charge in [0.2, 0.25) is 0 Å². The molecule has 0 heterocycles. The summed E-state index contributed by atoms with van der Waals surface area (Å²) >= 11 is 3.28. The van der Waals surface area contributed by atoms with Crippen LogP contribution in [0.5, 0.6) is 11.5 Å². The molecule has 1 aromatic rings. The van der Waals surface area contributed by atoms with Gasteiger partial charge in [0, 0.05) is 16.6 Å². The third-order valence-corrected chi connectivity index (χ3v) is 3.19. The molecule has 0 aliphatic heterocycles. The van der Waals surface area contributed by atoms with Crippen LogP contribution in [0.25, 0.3) is 0 Å². The van der Waals surface area contributed by atoms with Gasteiger partial charge in [-0.15, -0.1) is 0 Å². The SMILES string of the molecule is CNCC(O)c1cc(Br)c(C=O)c(OC)c1OC. The second-order valence-electron chi connectivity index (χ2n) is 3.62. The van der Waals surface area contributed by atoms with Crippen LogP contribution in [0.3, 0.4) is 0 Å². The number of benzene rings is 1. The molecule has 0 amide bonds. The number of aliphatic hydroxyl groups excluding tert-OH is 1. The Morgan fingerprint density at radius 1 is 1.44 bits per heavy atom. The van der Waals surface area contributed by atoms with E-state index in [1.807, 2.05) is 0 Å². The minimum Gasteiger partial charge on any atom is -0.492 e. The molecule has 1 aromatic carbocycles. The van der Waals surface area contributed by atoms with E-state index < -0.39 is 6.10 Å². The summed E-state index contributed by atoms with van der Waals surface area (Å²) < 4.78 is 11.0. The fourth-order valence-electron chi connectivity index (χ4n) is 1.72. The van der Waals surface area contributed by atoms with Crippen molar-refractivity contribution in [2.45, 2.75) is 6.10 Å². The highest BCUT2D eigenvalue weighted by atomic mass is 79.9. The van der Waals surface area contributed by atoms with E-state index in [0.29, 0.717) is 39.9 Å². The van der Waals surface area contributed by atoms with Crippen molar-refractivity contribution in [3.05, 3.63) is 21.7 Å². The first-order valence-electron chi connectivity index (χ1n) is 5.32. The van der Waals surface area contributed by atoms with E-state index in [2.05, 4.69) is 21.2 Å². The van der Waals surface area contributed by atoms with Gasteiger partial charge in [0.25, 0.3) is 0 Å². The van der Waals surface area contributed by atoms with Crippen LogP contribution in [-0.4, -0.2) is 39.2 Å². The Morgan fingerprint density at radius 2 is 2.06 bits per heavy atom. The van der Waals surface area contributed by atoms with Gasteiger partial charge in [-0.3, -0.25) is 4.79 Å². The minimum absolute atomic E-state index is 0.312. The summed E-state index contributed by atoms with van der Waals surface area (Å²) in [6.45, 7) is 0.367. The van der Waals surface area contributed by atoms with Gasteiger partial charge in [0.05, 0.1) is 25.9 Å². The average Bonchev–Trinajstić information content (AvgIpc) is 2.37. The van der Waals surface area contributed by atoms with Crippen molar-refractivity contribution in [2.75, 3.05) is 27.8 Å². The molecule has 0 aliphatic carbocycles. The van der Waals surface area contributed by atoms with Crippen molar-refractivity contribution >= 4 is 22.2 Å². The van der Waals surface area contributed by atoms with Gasteiger partial charge >= 0.3 is 0 Å². The molecule has 1 atom stereocenters. The zero-order chi connectivity index (χ0) is 13.7. The summed E-state index contributed by atoms with van der Waals surface area (Å²) in [6, 6.07) is 1.66. The summed E-state index contributed by atoms with van der Waals surface area (Å²) in [7, 11) is 4.66. The van der Waals surface area contributed by atoms with E-state index in [1.54, 1.807) is 13.1 Å². The first-order chi connectivity index (χ1) is 8.60. The van der Waals surface area contributed by atoms with E-state index in [-0.39, 0.29) is 0 Å². The Morgan fingerprint density at radius 3 is 2.50 bits per heavy atom. The molecule has 0 aromatic heterocycles. The lowest BCUT2D eigenvalue weighted by molar-refractivity contribution is 0.111. The van der Waals surface area contributed by atoms with Crippen molar-refractivity contribution in [3.8, 4) is 11.5 Å². The molecule has 0 fully saturated rings. The van der Waals surface area contributed by atoms with E-state index in [1.165, 1.54) is 14.2 Å². The van der Waals surface area contributed by atoms with Gasteiger partial charge in [-0.1, -0.05) is 0 Å². The summed E-state index contributed by atoms with van der Waals surface area (Å²) in [5, 5.41) is 12.9. The van der Waals surface area contributed by atoms with Crippen molar-refractivity contribution in [3.63, 3.8) is 0 Å². The molecule has 0 aliphatic rings. The third-order valence-electron chi connectivity index (χ3n) is 2.54. The van der Waals surface area contributed by atoms with Crippen LogP contribution in [0.4, 0.5) is 0 Å². The topological polar surface area (TPSA) is 67.8 Å². The lowest BCUT2D eigenvalue weighted by Crippen LogP contribution is -2.17. The zero-order valence-electron chi connectivity index (χ0n) is 10.5. The van der Waals surface area contributed by atoms with Crippen molar-refractivity contribution in [2.24, 2.45) is 0 Å². The van der Waals surface area contributed by atoms with Crippen LogP contribution in [0.15, 0.2) is 10.5 Å². The predicted molar refractivity (Wildman–Crippen MR) is 71.5 cm³/mol. The second kappa shape index (κ2) is 6.72. The zero-order valence-corrected chi connectivity index (χ0v) is 12.1. The van der Waals surface area contributed by atoms with Gasteiger partial charge < -0.3 is 19.9 Å². The number of nitrogens with one attached hydrogen (secondary N) is 1. The predicted octanol–water partition coefficient (Wildman–Crippen LogP) is 1.53. The lowest BCUT2D eigenvalue weighted by atomic mass is 10.0. The van der Waals surface area contributed by atoms with Crippen molar-refractivity contribution in [1.29, 1.82) is 0 Å². The molecule has 100 valence electrons. The molecule has 1 rings (SSSR count). The fourth-order valence-corrected chi connectivity index (χ4v) is 2.24. The molecular weight excluding hydrogens is 302 g/mol. The smallest absolute Gasteiger partial charge is 0.172 e. The summed E-state index contributed by atoms with van der Waals surface area (Å²) in [4.78, 5) is 11.0. The number of methoxy groups -OCH3 is 2. The number of aliphatic hydroxyl groups is 1. The van der Waals surface area contributed by atoms with Crippen LogP contribution >= 0.6 is 15.9 Å². The van der Waals surface area contributed by atoms with Gasteiger partial charge in [0.1, 0.15) is 0 Å². The van der Waals surface area contributed by atoms with Crippen molar-refractivity contribution in [1.82, 2.24) is 5.32 Å².